The Morgan fingerprint density at radius 3 is 2.05 bits per heavy atom. The van der Waals surface area contributed by atoms with Crippen molar-refractivity contribution >= 4 is 5.97 Å². The zero-order valence-electron chi connectivity index (χ0n) is 12.1. The van der Waals surface area contributed by atoms with Crippen LogP contribution in [0.2, 0.25) is 0 Å². The summed E-state index contributed by atoms with van der Waals surface area (Å²) in [6, 6.07) is 19.8. The minimum absolute atomic E-state index is 0.316. The molecule has 0 amide bonds. The van der Waals surface area contributed by atoms with E-state index in [1.807, 2.05) is 49.4 Å². The first-order valence-electron chi connectivity index (χ1n) is 6.94. The highest BCUT2D eigenvalue weighted by Crippen LogP contribution is 2.18. The van der Waals surface area contributed by atoms with E-state index in [9.17, 15) is 4.79 Å². The quantitative estimate of drug-likeness (QED) is 0.898. The van der Waals surface area contributed by atoms with Crippen molar-refractivity contribution in [1.82, 2.24) is 0 Å². The van der Waals surface area contributed by atoms with Gasteiger partial charge in [0.2, 0.25) is 0 Å². The molecule has 21 heavy (non-hydrogen) atoms. The summed E-state index contributed by atoms with van der Waals surface area (Å²) in [5.74, 6) is -0.693. The average Bonchev–Trinajstić information content (AvgIpc) is 2.54. The van der Waals surface area contributed by atoms with Crippen LogP contribution in [-0.2, 0) is 4.79 Å². The fourth-order valence-electron chi connectivity index (χ4n) is 1.70. The van der Waals surface area contributed by atoms with Gasteiger partial charge in [0.1, 0.15) is 0 Å². The third-order valence-electron chi connectivity index (χ3n) is 2.87. The van der Waals surface area contributed by atoms with Crippen LogP contribution in [-0.4, -0.2) is 11.1 Å². The number of hydrogen-bond donors (Lipinski definition) is 1. The molecular weight excluding hydrogens is 262 g/mol. The Kier molecular flexibility index (Phi) is 7.31. The lowest BCUT2D eigenvalue weighted by Crippen LogP contribution is -1.91. The number of carbonyl (C=O) groups is 1. The van der Waals surface area contributed by atoms with Gasteiger partial charge in [0.05, 0.1) is 11.6 Å². The summed E-state index contributed by atoms with van der Waals surface area (Å²) in [5, 5.41) is 16.7. The van der Waals surface area contributed by atoms with Crippen LogP contribution in [0.15, 0.2) is 54.6 Å². The van der Waals surface area contributed by atoms with Crippen molar-refractivity contribution in [3.63, 3.8) is 0 Å². The highest BCUT2D eigenvalue weighted by atomic mass is 16.4. The number of nitriles is 1. The van der Waals surface area contributed by atoms with Crippen molar-refractivity contribution in [3.05, 3.63) is 60.2 Å². The first kappa shape index (κ1) is 16.5. The summed E-state index contributed by atoms with van der Waals surface area (Å²) in [7, 11) is 0. The summed E-state index contributed by atoms with van der Waals surface area (Å²) in [6.07, 6.45) is 2.08. The van der Waals surface area contributed by atoms with Crippen molar-refractivity contribution in [2.45, 2.75) is 26.2 Å². The van der Waals surface area contributed by atoms with Crippen LogP contribution in [0.5, 0.6) is 0 Å². The molecule has 0 spiro atoms. The van der Waals surface area contributed by atoms with E-state index in [0.717, 1.165) is 18.4 Å². The highest BCUT2D eigenvalue weighted by molar-refractivity contribution is 5.66. The van der Waals surface area contributed by atoms with E-state index in [0.29, 0.717) is 12.0 Å². The highest BCUT2D eigenvalue weighted by Gasteiger charge is 1.95. The molecule has 0 heterocycles. The molecule has 3 heteroatoms. The molecule has 0 atom stereocenters. The van der Waals surface area contributed by atoms with Gasteiger partial charge in [-0.3, -0.25) is 4.79 Å². The zero-order chi connectivity index (χ0) is 15.5. The van der Waals surface area contributed by atoms with Crippen LogP contribution in [0, 0.1) is 11.3 Å². The van der Waals surface area contributed by atoms with E-state index in [1.54, 1.807) is 0 Å². The van der Waals surface area contributed by atoms with Crippen LogP contribution in [0.3, 0.4) is 0 Å². The van der Waals surface area contributed by atoms with Gasteiger partial charge in [0, 0.05) is 6.42 Å². The minimum Gasteiger partial charge on any atom is -0.481 e. The Morgan fingerprint density at radius 1 is 1.05 bits per heavy atom. The number of rotatable bonds is 4. The maximum absolute atomic E-state index is 9.76. The monoisotopic (exact) mass is 281 g/mol. The van der Waals surface area contributed by atoms with Crippen LogP contribution >= 0.6 is 0 Å². The number of carboxylic acid groups (broad SMARTS) is 1. The van der Waals surface area contributed by atoms with Crippen molar-refractivity contribution in [2.24, 2.45) is 0 Å². The Hall–Kier alpha value is -2.60. The van der Waals surface area contributed by atoms with E-state index in [1.165, 1.54) is 5.56 Å². The van der Waals surface area contributed by atoms with Crippen LogP contribution in [0.1, 0.15) is 31.7 Å². The molecule has 1 N–H and O–H groups in total. The van der Waals surface area contributed by atoms with Crippen molar-refractivity contribution in [3.8, 4) is 17.2 Å². The Bertz CT molecular complexity index is 583. The topological polar surface area (TPSA) is 61.1 Å². The molecule has 0 saturated heterocycles. The standard InChI is InChI=1S/C13H9N.C5H10O2/c14-10-11-6-8-13(9-7-11)12-4-2-1-3-5-12;1-2-3-4-5(6)7/h1-9H;2-4H2,1H3,(H,6,7). The molecule has 0 saturated carbocycles. The van der Waals surface area contributed by atoms with E-state index < -0.39 is 5.97 Å². The zero-order valence-corrected chi connectivity index (χ0v) is 12.1. The largest absolute Gasteiger partial charge is 0.481 e. The van der Waals surface area contributed by atoms with Gasteiger partial charge in [-0.15, -0.1) is 0 Å². The van der Waals surface area contributed by atoms with E-state index in [-0.39, 0.29) is 0 Å². The molecule has 0 aliphatic carbocycles. The van der Waals surface area contributed by atoms with Gasteiger partial charge in [-0.05, 0) is 29.7 Å². The number of aliphatic carboxylic acids is 1. The molecule has 0 aliphatic rings. The van der Waals surface area contributed by atoms with Gasteiger partial charge in [0.15, 0.2) is 0 Å². The van der Waals surface area contributed by atoms with Gasteiger partial charge in [-0.2, -0.15) is 5.26 Å². The Morgan fingerprint density at radius 2 is 1.62 bits per heavy atom. The summed E-state index contributed by atoms with van der Waals surface area (Å²) in [5.41, 5.74) is 3.02. The van der Waals surface area contributed by atoms with E-state index >= 15 is 0 Å². The fourth-order valence-corrected chi connectivity index (χ4v) is 1.70. The first-order valence-corrected chi connectivity index (χ1v) is 6.94. The number of nitrogens with zero attached hydrogens (tertiary/aromatic N) is 1. The molecule has 0 aromatic heterocycles. The lowest BCUT2D eigenvalue weighted by molar-refractivity contribution is -0.137. The molecule has 2 aromatic rings. The van der Waals surface area contributed by atoms with Gasteiger partial charge >= 0.3 is 5.97 Å². The first-order chi connectivity index (χ1) is 10.2. The molecule has 0 unspecified atom stereocenters. The second-order valence-corrected chi connectivity index (χ2v) is 4.55. The second kappa shape index (κ2) is 9.33. The number of unbranched alkanes of at least 4 members (excludes halogenated alkanes) is 1. The maximum atomic E-state index is 9.76. The molecule has 2 rings (SSSR count). The summed E-state index contributed by atoms with van der Waals surface area (Å²) < 4.78 is 0. The fraction of sp³-hybridized carbons (Fsp3) is 0.222. The Balaban J connectivity index is 0.000000270. The third-order valence-corrected chi connectivity index (χ3v) is 2.87. The third kappa shape index (κ3) is 6.40. The van der Waals surface area contributed by atoms with Gasteiger partial charge < -0.3 is 5.11 Å². The molecule has 0 fully saturated rings. The molecule has 2 aromatic carbocycles. The minimum atomic E-state index is -0.693. The predicted molar refractivity (Wildman–Crippen MR) is 83.8 cm³/mol. The summed E-state index contributed by atoms with van der Waals surface area (Å²) >= 11 is 0. The lowest BCUT2D eigenvalue weighted by Gasteiger charge is -1.99. The van der Waals surface area contributed by atoms with Crippen molar-refractivity contribution in [1.29, 1.82) is 5.26 Å². The number of benzene rings is 2. The maximum Gasteiger partial charge on any atom is 0.303 e. The molecule has 0 radical (unpaired) electrons. The normalized spacial score (nSPS) is 9.14. The molecule has 0 bridgehead atoms. The van der Waals surface area contributed by atoms with Gasteiger partial charge in [-0.1, -0.05) is 55.8 Å². The van der Waals surface area contributed by atoms with Crippen LogP contribution < -0.4 is 0 Å². The average molecular weight is 281 g/mol. The molecular formula is C18H19NO2. The van der Waals surface area contributed by atoms with Crippen LogP contribution in [0.4, 0.5) is 0 Å². The van der Waals surface area contributed by atoms with E-state index in [4.69, 9.17) is 10.4 Å². The molecule has 3 nitrogen and oxygen atoms in total. The van der Waals surface area contributed by atoms with Crippen LogP contribution in [0.25, 0.3) is 11.1 Å². The molecule has 0 aliphatic heterocycles. The SMILES string of the molecule is CCCCC(=O)O.N#Cc1ccc(-c2ccccc2)cc1. The number of hydrogen-bond acceptors (Lipinski definition) is 2. The lowest BCUT2D eigenvalue weighted by atomic mass is 10.0. The van der Waals surface area contributed by atoms with Gasteiger partial charge in [0.25, 0.3) is 0 Å². The second-order valence-electron chi connectivity index (χ2n) is 4.55. The van der Waals surface area contributed by atoms with E-state index in [2.05, 4.69) is 18.2 Å². The number of carboxylic acids is 1. The predicted octanol–water partition coefficient (Wildman–Crippen LogP) is 4.49. The van der Waals surface area contributed by atoms with Crippen molar-refractivity contribution < 1.29 is 9.90 Å². The van der Waals surface area contributed by atoms with Gasteiger partial charge in [-0.25, -0.2) is 0 Å². The van der Waals surface area contributed by atoms with Crippen molar-refractivity contribution in [2.75, 3.05) is 0 Å². The smallest absolute Gasteiger partial charge is 0.303 e. The Labute approximate surface area is 125 Å². The summed E-state index contributed by atoms with van der Waals surface area (Å²) in [4.78, 5) is 9.76. The molecule has 108 valence electrons. The summed E-state index contributed by atoms with van der Waals surface area (Å²) in [6.45, 7) is 1.98.